The zero-order valence-electron chi connectivity index (χ0n) is 16.5. The number of rotatable bonds is 3. The molecule has 0 unspecified atom stereocenters. The number of halogens is 3. The molecule has 6 nitrogen and oxygen atoms in total. The van der Waals surface area contributed by atoms with E-state index in [4.69, 9.17) is 39.5 Å². The zero-order valence-corrected chi connectivity index (χ0v) is 18.7. The molecule has 1 aliphatic rings. The molecule has 0 spiro atoms. The Kier molecular flexibility index (Phi) is 5.59. The molecule has 0 aliphatic carbocycles. The minimum atomic E-state index is -0.336. The summed E-state index contributed by atoms with van der Waals surface area (Å²) < 4.78 is 5.67. The molecule has 160 valence electrons. The summed E-state index contributed by atoms with van der Waals surface area (Å²) in [6.07, 6.45) is 3.46. The first-order chi connectivity index (χ1) is 15.5. The molecule has 9 heteroatoms. The number of hydrogen-bond donors (Lipinski definition) is 1. The van der Waals surface area contributed by atoms with E-state index in [0.29, 0.717) is 45.4 Å². The number of nitrogens with zero attached hydrogens (tertiary/aromatic N) is 3. The van der Waals surface area contributed by atoms with Crippen LogP contribution in [0.25, 0.3) is 22.3 Å². The molecule has 1 amide bonds. The molecule has 0 bridgehead atoms. The van der Waals surface area contributed by atoms with E-state index in [1.807, 2.05) is 24.3 Å². The Morgan fingerprint density at radius 2 is 1.78 bits per heavy atom. The third-order valence-electron chi connectivity index (χ3n) is 5.23. The summed E-state index contributed by atoms with van der Waals surface area (Å²) in [5.41, 5.74) is 3.18. The monoisotopic (exact) mass is 484 g/mol. The highest BCUT2D eigenvalue weighted by molar-refractivity contribution is 6.38. The SMILES string of the molecule is O=C(N[C@H]1CCOc2ccccc21)c1cnc2c(-c3cc(Cl)cc(Cl)c3)ncnc2c1Cl. The number of para-hydroxylation sites is 1. The third-order valence-corrected chi connectivity index (χ3v) is 6.05. The first-order valence-electron chi connectivity index (χ1n) is 9.79. The van der Waals surface area contributed by atoms with E-state index in [2.05, 4.69) is 20.3 Å². The second-order valence-corrected chi connectivity index (χ2v) is 8.52. The minimum Gasteiger partial charge on any atom is -0.493 e. The third kappa shape index (κ3) is 3.86. The summed E-state index contributed by atoms with van der Waals surface area (Å²) in [5, 5.41) is 4.18. The van der Waals surface area contributed by atoms with Gasteiger partial charge < -0.3 is 10.1 Å². The van der Waals surface area contributed by atoms with E-state index in [9.17, 15) is 4.79 Å². The van der Waals surface area contributed by atoms with Crippen molar-refractivity contribution in [2.75, 3.05) is 6.61 Å². The molecular formula is C23H15Cl3N4O2. The molecule has 2 aromatic heterocycles. The predicted octanol–water partition coefficient (Wildman–Crippen LogP) is 5.91. The Morgan fingerprint density at radius 3 is 2.59 bits per heavy atom. The van der Waals surface area contributed by atoms with Crippen molar-refractivity contribution in [2.24, 2.45) is 0 Å². The van der Waals surface area contributed by atoms with Gasteiger partial charge in [-0.15, -0.1) is 0 Å². The number of ether oxygens (including phenoxy) is 1. The molecule has 3 heterocycles. The average Bonchev–Trinajstić information content (AvgIpc) is 2.78. The van der Waals surface area contributed by atoms with Gasteiger partial charge in [0.2, 0.25) is 0 Å². The standard InChI is InChI=1S/C23H15Cl3N4O2/c24-13-7-12(8-14(25)9-13)20-22-21(29-11-28-20)19(26)16(10-27-22)23(31)30-17-5-6-32-18-4-2-1-3-15(17)18/h1-4,7-11,17H,5-6H2,(H,30,31)/t17-/m0/s1. The van der Waals surface area contributed by atoms with Crippen molar-refractivity contribution >= 4 is 51.7 Å². The lowest BCUT2D eigenvalue weighted by atomic mass is 10.00. The molecule has 1 atom stereocenters. The molecule has 32 heavy (non-hydrogen) atoms. The number of aromatic nitrogens is 3. The molecule has 0 fully saturated rings. The van der Waals surface area contributed by atoms with Crippen molar-refractivity contribution in [2.45, 2.75) is 12.5 Å². The van der Waals surface area contributed by atoms with Gasteiger partial charge in [-0.2, -0.15) is 0 Å². The van der Waals surface area contributed by atoms with Crippen molar-refractivity contribution < 1.29 is 9.53 Å². The van der Waals surface area contributed by atoms with Crippen LogP contribution >= 0.6 is 34.8 Å². The number of fused-ring (bicyclic) bond motifs is 2. The van der Waals surface area contributed by atoms with E-state index >= 15 is 0 Å². The van der Waals surface area contributed by atoms with Gasteiger partial charge in [-0.1, -0.05) is 53.0 Å². The lowest BCUT2D eigenvalue weighted by Gasteiger charge is -2.26. The minimum absolute atomic E-state index is 0.186. The molecule has 0 radical (unpaired) electrons. The maximum atomic E-state index is 13.1. The molecule has 2 aromatic carbocycles. The smallest absolute Gasteiger partial charge is 0.254 e. The first-order valence-corrected chi connectivity index (χ1v) is 10.9. The molecule has 1 N–H and O–H groups in total. The Labute approximate surface area is 198 Å². The largest absolute Gasteiger partial charge is 0.493 e. The second kappa shape index (κ2) is 8.54. The van der Waals surface area contributed by atoms with Crippen molar-refractivity contribution in [1.29, 1.82) is 0 Å². The molecule has 0 saturated heterocycles. The maximum absolute atomic E-state index is 13.1. The Hall–Kier alpha value is -2.93. The fourth-order valence-corrected chi connectivity index (χ4v) is 4.56. The molecule has 0 saturated carbocycles. The lowest BCUT2D eigenvalue weighted by Crippen LogP contribution is -2.32. The number of benzene rings is 2. The number of carbonyl (C=O) groups excluding carboxylic acids is 1. The van der Waals surface area contributed by atoms with Crippen LogP contribution in [0.15, 0.2) is 55.0 Å². The van der Waals surface area contributed by atoms with Crippen LogP contribution in [0.3, 0.4) is 0 Å². The van der Waals surface area contributed by atoms with Crippen LogP contribution in [-0.4, -0.2) is 27.5 Å². The summed E-state index contributed by atoms with van der Waals surface area (Å²) in [7, 11) is 0. The van der Waals surface area contributed by atoms with E-state index in [0.717, 1.165) is 11.3 Å². The van der Waals surface area contributed by atoms with Crippen LogP contribution < -0.4 is 10.1 Å². The Bertz CT molecular complexity index is 1340. The number of amides is 1. The zero-order chi connectivity index (χ0) is 22.2. The van der Waals surface area contributed by atoms with Crippen LogP contribution in [-0.2, 0) is 0 Å². The molecule has 5 rings (SSSR count). The molecular weight excluding hydrogens is 471 g/mol. The van der Waals surface area contributed by atoms with Crippen LogP contribution in [0, 0.1) is 0 Å². The summed E-state index contributed by atoms with van der Waals surface area (Å²) in [5.74, 6) is 0.432. The normalized spacial score (nSPS) is 15.2. The fraction of sp³-hybridized carbons (Fsp3) is 0.130. The van der Waals surface area contributed by atoms with Gasteiger partial charge in [0.25, 0.3) is 5.91 Å². The highest BCUT2D eigenvalue weighted by atomic mass is 35.5. The van der Waals surface area contributed by atoms with Gasteiger partial charge in [-0.25, -0.2) is 9.97 Å². The van der Waals surface area contributed by atoms with Crippen molar-refractivity contribution in [3.05, 3.63) is 81.2 Å². The topological polar surface area (TPSA) is 77.0 Å². The summed E-state index contributed by atoms with van der Waals surface area (Å²) in [4.78, 5) is 26.1. The van der Waals surface area contributed by atoms with Crippen molar-refractivity contribution in [3.8, 4) is 17.0 Å². The van der Waals surface area contributed by atoms with Gasteiger partial charge in [0.05, 0.1) is 23.2 Å². The molecule has 4 aromatic rings. The van der Waals surface area contributed by atoms with Gasteiger partial charge in [-0.3, -0.25) is 9.78 Å². The first kappa shape index (κ1) is 20.9. The number of pyridine rings is 1. The van der Waals surface area contributed by atoms with Gasteiger partial charge in [0.1, 0.15) is 28.8 Å². The van der Waals surface area contributed by atoms with Crippen LogP contribution in [0.4, 0.5) is 0 Å². The average molecular weight is 486 g/mol. The summed E-state index contributed by atoms with van der Waals surface area (Å²) >= 11 is 18.9. The van der Waals surface area contributed by atoms with Crippen LogP contribution in [0.1, 0.15) is 28.4 Å². The fourth-order valence-electron chi connectivity index (χ4n) is 3.76. The Morgan fingerprint density at radius 1 is 1.00 bits per heavy atom. The quantitative estimate of drug-likeness (QED) is 0.390. The van der Waals surface area contributed by atoms with Gasteiger partial charge in [0, 0.05) is 33.8 Å². The number of carbonyl (C=O) groups is 1. The molecule has 1 aliphatic heterocycles. The van der Waals surface area contributed by atoms with Crippen molar-refractivity contribution in [3.63, 3.8) is 0 Å². The lowest BCUT2D eigenvalue weighted by molar-refractivity contribution is 0.0924. The highest BCUT2D eigenvalue weighted by Crippen LogP contribution is 2.34. The predicted molar refractivity (Wildman–Crippen MR) is 125 cm³/mol. The van der Waals surface area contributed by atoms with E-state index in [1.165, 1.54) is 12.5 Å². The van der Waals surface area contributed by atoms with Gasteiger partial charge >= 0.3 is 0 Å². The summed E-state index contributed by atoms with van der Waals surface area (Å²) in [6, 6.07) is 12.5. The van der Waals surface area contributed by atoms with E-state index in [-0.39, 0.29) is 22.5 Å². The maximum Gasteiger partial charge on any atom is 0.254 e. The van der Waals surface area contributed by atoms with Crippen LogP contribution in [0.5, 0.6) is 5.75 Å². The van der Waals surface area contributed by atoms with Crippen LogP contribution in [0.2, 0.25) is 15.1 Å². The van der Waals surface area contributed by atoms with Gasteiger partial charge in [-0.05, 0) is 24.3 Å². The van der Waals surface area contributed by atoms with Crippen molar-refractivity contribution in [1.82, 2.24) is 20.3 Å². The summed E-state index contributed by atoms with van der Waals surface area (Å²) in [6.45, 7) is 0.518. The highest BCUT2D eigenvalue weighted by Gasteiger charge is 2.25. The van der Waals surface area contributed by atoms with E-state index in [1.54, 1.807) is 18.2 Å². The van der Waals surface area contributed by atoms with Gasteiger partial charge in [0.15, 0.2) is 0 Å². The van der Waals surface area contributed by atoms with E-state index < -0.39 is 0 Å². The second-order valence-electron chi connectivity index (χ2n) is 7.26. The Balaban J connectivity index is 1.51. The number of hydrogen-bond acceptors (Lipinski definition) is 5. The number of nitrogens with one attached hydrogen (secondary N) is 1.